The molecule has 0 atom stereocenters. The van der Waals surface area contributed by atoms with E-state index in [1.54, 1.807) is 0 Å². The van der Waals surface area contributed by atoms with Crippen molar-refractivity contribution in [2.24, 2.45) is 22.2 Å². The average Bonchev–Trinajstić information content (AvgIpc) is 2.35. The Kier molecular flexibility index (Phi) is 5.06. The van der Waals surface area contributed by atoms with Gasteiger partial charge in [-0.1, -0.05) is 19.0 Å². The monoisotopic (exact) mass is 281 g/mol. The van der Waals surface area contributed by atoms with E-state index in [9.17, 15) is 13.2 Å². The van der Waals surface area contributed by atoms with Gasteiger partial charge in [0.25, 0.3) is 0 Å². The molecule has 1 rings (SSSR count). The number of oxime groups is 1. The molecule has 1 aliphatic rings. The highest BCUT2D eigenvalue weighted by Crippen LogP contribution is 2.34. The quantitative estimate of drug-likeness (QED) is 0.360. The molecule has 0 radical (unpaired) electrons. The maximum Gasteiger partial charge on any atom is 0.391 e. The first kappa shape index (κ1) is 16.1. The highest BCUT2D eigenvalue weighted by molar-refractivity contribution is 5.85. The van der Waals surface area contributed by atoms with Gasteiger partial charge in [0.1, 0.15) is 5.84 Å². The minimum absolute atomic E-state index is 0.151. The molecule has 4 nitrogen and oxygen atoms in total. The van der Waals surface area contributed by atoms with Crippen LogP contribution in [0.4, 0.5) is 13.2 Å². The summed E-state index contributed by atoms with van der Waals surface area (Å²) in [5.41, 5.74) is 5.13. The first-order valence-corrected chi connectivity index (χ1v) is 6.44. The van der Waals surface area contributed by atoms with Crippen molar-refractivity contribution in [3.8, 4) is 0 Å². The second-order valence-corrected chi connectivity index (χ2v) is 5.78. The van der Waals surface area contributed by atoms with Crippen LogP contribution >= 0.6 is 0 Å². The van der Waals surface area contributed by atoms with Crippen LogP contribution in [0, 0.1) is 11.3 Å². The molecule has 0 unspecified atom stereocenters. The van der Waals surface area contributed by atoms with Gasteiger partial charge in [0.2, 0.25) is 0 Å². The summed E-state index contributed by atoms with van der Waals surface area (Å²) >= 11 is 0. The highest BCUT2D eigenvalue weighted by Gasteiger charge is 2.41. The maximum atomic E-state index is 12.5. The summed E-state index contributed by atoms with van der Waals surface area (Å²) in [6.07, 6.45) is -3.10. The molecule has 0 aromatic heterocycles. The van der Waals surface area contributed by atoms with Gasteiger partial charge in [-0.05, 0) is 38.9 Å². The van der Waals surface area contributed by atoms with Crippen LogP contribution in [0.25, 0.3) is 0 Å². The fraction of sp³-hybridized carbons (Fsp3) is 0.917. The van der Waals surface area contributed by atoms with Crippen molar-refractivity contribution in [2.45, 2.75) is 39.3 Å². The summed E-state index contributed by atoms with van der Waals surface area (Å²) in [7, 11) is 0. The van der Waals surface area contributed by atoms with Crippen molar-refractivity contribution in [3.05, 3.63) is 0 Å². The molecule has 1 saturated heterocycles. The van der Waals surface area contributed by atoms with Gasteiger partial charge in [-0.25, -0.2) is 0 Å². The second-order valence-electron chi connectivity index (χ2n) is 5.78. The fourth-order valence-electron chi connectivity index (χ4n) is 2.18. The van der Waals surface area contributed by atoms with Crippen LogP contribution in [-0.4, -0.2) is 41.8 Å². The fourth-order valence-corrected chi connectivity index (χ4v) is 2.18. The Hall–Kier alpha value is -0.980. The third-order valence-electron chi connectivity index (χ3n) is 3.90. The molecule has 0 aliphatic carbocycles. The summed E-state index contributed by atoms with van der Waals surface area (Å²) in [4.78, 5) is 2.01. The van der Waals surface area contributed by atoms with Gasteiger partial charge < -0.3 is 15.8 Å². The Morgan fingerprint density at radius 1 is 1.32 bits per heavy atom. The van der Waals surface area contributed by atoms with E-state index in [0.717, 1.165) is 0 Å². The lowest BCUT2D eigenvalue weighted by molar-refractivity contribution is -0.185. The zero-order valence-electron chi connectivity index (χ0n) is 11.4. The first-order chi connectivity index (χ1) is 8.66. The molecule has 0 amide bonds. The van der Waals surface area contributed by atoms with Gasteiger partial charge in [0.05, 0.1) is 5.92 Å². The zero-order valence-corrected chi connectivity index (χ0v) is 11.4. The van der Waals surface area contributed by atoms with Gasteiger partial charge in [-0.2, -0.15) is 13.2 Å². The molecule has 0 bridgehead atoms. The summed E-state index contributed by atoms with van der Waals surface area (Å²) in [6, 6.07) is 0. The van der Waals surface area contributed by atoms with E-state index in [1.807, 2.05) is 18.7 Å². The van der Waals surface area contributed by atoms with E-state index in [0.29, 0.717) is 26.1 Å². The molecule has 0 spiro atoms. The van der Waals surface area contributed by atoms with Gasteiger partial charge in [-0.15, -0.1) is 0 Å². The molecule has 0 aromatic rings. The number of amidine groups is 1. The number of likely N-dealkylation sites (tertiary alicyclic amines) is 1. The number of nitrogens with zero attached hydrogens (tertiary/aromatic N) is 2. The molecule has 7 heteroatoms. The van der Waals surface area contributed by atoms with E-state index in [-0.39, 0.29) is 18.7 Å². The van der Waals surface area contributed by atoms with Crippen molar-refractivity contribution in [2.75, 3.05) is 19.6 Å². The summed E-state index contributed by atoms with van der Waals surface area (Å²) in [6.45, 7) is 5.27. The van der Waals surface area contributed by atoms with Gasteiger partial charge in [-0.3, -0.25) is 0 Å². The molecule has 0 saturated carbocycles. The lowest BCUT2D eigenvalue weighted by Crippen LogP contribution is -2.41. The number of hydrogen-bond acceptors (Lipinski definition) is 3. The molecule has 3 N–H and O–H groups in total. The number of nitrogens with two attached hydrogens (primary N) is 1. The molecule has 112 valence electrons. The molecule has 0 aromatic carbocycles. The van der Waals surface area contributed by atoms with Crippen molar-refractivity contribution in [1.82, 2.24) is 4.90 Å². The number of hydrogen-bond donors (Lipinski definition) is 2. The zero-order chi connectivity index (χ0) is 14.7. The Morgan fingerprint density at radius 2 is 1.84 bits per heavy atom. The summed E-state index contributed by atoms with van der Waals surface area (Å²) < 4.78 is 37.5. The second kappa shape index (κ2) is 5.98. The number of piperidine rings is 1. The van der Waals surface area contributed by atoms with Crippen molar-refractivity contribution in [3.63, 3.8) is 0 Å². The minimum Gasteiger partial charge on any atom is -0.409 e. The molecular formula is C12H22F3N3O. The molecule has 19 heavy (non-hydrogen) atoms. The van der Waals surface area contributed by atoms with E-state index >= 15 is 0 Å². The van der Waals surface area contributed by atoms with E-state index in [1.165, 1.54) is 0 Å². The van der Waals surface area contributed by atoms with Crippen LogP contribution in [0.15, 0.2) is 5.16 Å². The number of alkyl halides is 3. The Bertz CT molecular complexity index is 321. The minimum atomic E-state index is -4.07. The van der Waals surface area contributed by atoms with Gasteiger partial charge in [0.15, 0.2) is 0 Å². The smallest absolute Gasteiger partial charge is 0.391 e. The highest BCUT2D eigenvalue weighted by atomic mass is 19.4. The topological polar surface area (TPSA) is 61.8 Å². The number of rotatable bonds is 4. The number of halogens is 3. The molecule has 1 heterocycles. The SMILES string of the molecule is CC(C)(CCN1CCC(C(F)(F)F)CC1)C(N)=NO. The normalized spacial score (nSPS) is 20.8. The first-order valence-electron chi connectivity index (χ1n) is 6.44. The maximum absolute atomic E-state index is 12.5. The predicted molar refractivity (Wildman–Crippen MR) is 67.0 cm³/mol. The standard InChI is InChI=1S/C12H22F3N3O/c1-11(2,10(16)17-19)5-8-18-6-3-9(4-7-18)12(13,14)15/h9,19H,3-8H2,1-2H3,(H2,16,17). The average molecular weight is 281 g/mol. The summed E-state index contributed by atoms with van der Waals surface area (Å²) in [5.74, 6) is -1.02. The lowest BCUT2D eigenvalue weighted by Gasteiger charge is -2.34. The van der Waals surface area contributed by atoms with Crippen molar-refractivity contribution in [1.29, 1.82) is 0 Å². The van der Waals surface area contributed by atoms with Crippen LogP contribution in [-0.2, 0) is 0 Å². The van der Waals surface area contributed by atoms with Gasteiger partial charge >= 0.3 is 6.18 Å². The molecular weight excluding hydrogens is 259 g/mol. The Balaban J connectivity index is 2.38. The van der Waals surface area contributed by atoms with Crippen molar-refractivity contribution < 1.29 is 18.4 Å². The third kappa shape index (κ3) is 4.56. The van der Waals surface area contributed by atoms with Gasteiger partial charge in [0, 0.05) is 5.41 Å². The van der Waals surface area contributed by atoms with Crippen LogP contribution in [0.1, 0.15) is 33.1 Å². The Labute approximate surface area is 111 Å². The lowest BCUT2D eigenvalue weighted by atomic mass is 9.87. The molecule has 1 fully saturated rings. The summed E-state index contributed by atoms with van der Waals surface area (Å²) in [5, 5.41) is 11.7. The van der Waals surface area contributed by atoms with Crippen LogP contribution < -0.4 is 5.73 Å². The molecule has 1 aliphatic heterocycles. The van der Waals surface area contributed by atoms with E-state index in [4.69, 9.17) is 10.9 Å². The third-order valence-corrected chi connectivity index (χ3v) is 3.90. The van der Waals surface area contributed by atoms with E-state index in [2.05, 4.69) is 5.16 Å². The van der Waals surface area contributed by atoms with E-state index < -0.39 is 17.5 Å². The predicted octanol–water partition coefficient (Wildman–Crippen LogP) is 2.42. The largest absolute Gasteiger partial charge is 0.409 e. The van der Waals surface area contributed by atoms with Crippen LogP contribution in [0.5, 0.6) is 0 Å². The van der Waals surface area contributed by atoms with Crippen LogP contribution in [0.2, 0.25) is 0 Å². The van der Waals surface area contributed by atoms with Crippen molar-refractivity contribution >= 4 is 5.84 Å². The Morgan fingerprint density at radius 3 is 2.26 bits per heavy atom. The van der Waals surface area contributed by atoms with Crippen LogP contribution in [0.3, 0.4) is 0 Å².